The zero-order chi connectivity index (χ0) is 12.4. The van der Waals surface area contributed by atoms with Gasteiger partial charge in [-0.15, -0.1) is 0 Å². The molecule has 0 aliphatic carbocycles. The summed E-state index contributed by atoms with van der Waals surface area (Å²) in [6, 6.07) is 3.70. The fraction of sp³-hybridized carbons (Fsp3) is 0.429. The quantitative estimate of drug-likeness (QED) is 0.796. The summed E-state index contributed by atoms with van der Waals surface area (Å²) in [6.45, 7) is 0. The Bertz CT molecular complexity index is 558. The molecule has 1 aliphatic rings. The average Bonchev–Trinajstić information content (AvgIpc) is 2.82. The third-order valence-corrected chi connectivity index (χ3v) is 4.58. The lowest BCUT2D eigenvalue weighted by Gasteiger charge is -2.19. The van der Waals surface area contributed by atoms with Gasteiger partial charge in [0.15, 0.2) is 6.29 Å². The molecule has 2 aromatic rings. The number of carbonyl (C=O) groups excluding carboxylic acids is 1. The predicted octanol–water partition coefficient (Wildman–Crippen LogP) is 2.83. The molecule has 0 saturated carbocycles. The third-order valence-electron chi connectivity index (χ3n) is 3.53. The first-order valence-corrected chi connectivity index (χ1v) is 7.52. The van der Waals surface area contributed by atoms with Crippen molar-refractivity contribution in [3.8, 4) is 0 Å². The molecule has 1 aliphatic heterocycles. The number of aromatic nitrogens is 2. The van der Waals surface area contributed by atoms with Crippen LogP contribution in [0.15, 0.2) is 24.5 Å². The van der Waals surface area contributed by atoms with Crippen LogP contribution in [-0.2, 0) is 6.42 Å². The molecule has 0 radical (unpaired) electrons. The third kappa shape index (κ3) is 2.29. The van der Waals surface area contributed by atoms with Crippen molar-refractivity contribution in [1.29, 1.82) is 0 Å². The van der Waals surface area contributed by atoms with Gasteiger partial charge in [-0.2, -0.15) is 11.8 Å². The summed E-state index contributed by atoms with van der Waals surface area (Å²) in [6.07, 6.45) is 8.52. The fourth-order valence-corrected chi connectivity index (χ4v) is 3.73. The number of pyridine rings is 1. The largest absolute Gasteiger partial charge is 0.306 e. The second kappa shape index (κ2) is 5.14. The van der Waals surface area contributed by atoms with E-state index in [-0.39, 0.29) is 0 Å². The van der Waals surface area contributed by atoms with E-state index in [2.05, 4.69) is 11.2 Å². The highest BCUT2D eigenvalue weighted by Crippen LogP contribution is 2.25. The highest BCUT2D eigenvalue weighted by atomic mass is 32.2. The Morgan fingerprint density at radius 3 is 3.06 bits per heavy atom. The Hall–Kier alpha value is -1.29. The van der Waals surface area contributed by atoms with Gasteiger partial charge in [-0.1, -0.05) is 0 Å². The number of imidazole rings is 1. The number of hydrogen-bond acceptors (Lipinski definition) is 3. The summed E-state index contributed by atoms with van der Waals surface area (Å²) in [5, 5.41) is 0. The summed E-state index contributed by atoms with van der Waals surface area (Å²) >= 11 is 2.05. The van der Waals surface area contributed by atoms with Crippen LogP contribution in [0, 0.1) is 5.92 Å². The van der Waals surface area contributed by atoms with Crippen molar-refractivity contribution in [3.63, 3.8) is 0 Å². The molecule has 0 unspecified atom stereocenters. The van der Waals surface area contributed by atoms with Crippen molar-refractivity contribution in [2.45, 2.75) is 19.3 Å². The van der Waals surface area contributed by atoms with E-state index < -0.39 is 0 Å². The maximum atomic E-state index is 11.0. The Kier molecular flexibility index (Phi) is 3.37. The maximum Gasteiger partial charge on any atom is 0.153 e. The number of aldehydes is 1. The molecule has 94 valence electrons. The molecule has 0 N–H and O–H groups in total. The zero-order valence-corrected chi connectivity index (χ0v) is 11.0. The normalized spacial score (nSPS) is 17.1. The molecule has 3 rings (SSSR count). The van der Waals surface area contributed by atoms with Crippen LogP contribution in [0.3, 0.4) is 0 Å². The van der Waals surface area contributed by atoms with E-state index in [0.717, 1.165) is 30.0 Å². The van der Waals surface area contributed by atoms with Crippen LogP contribution in [0.2, 0.25) is 0 Å². The molecule has 18 heavy (non-hydrogen) atoms. The molecular formula is C14H16N2OS. The van der Waals surface area contributed by atoms with Crippen molar-refractivity contribution in [2.75, 3.05) is 11.5 Å². The van der Waals surface area contributed by atoms with Crippen LogP contribution >= 0.6 is 11.8 Å². The monoisotopic (exact) mass is 260 g/mol. The number of hydrogen-bond donors (Lipinski definition) is 0. The van der Waals surface area contributed by atoms with Gasteiger partial charge < -0.3 is 4.40 Å². The lowest BCUT2D eigenvalue weighted by atomic mass is 9.97. The van der Waals surface area contributed by atoms with E-state index in [1.807, 2.05) is 34.5 Å². The average molecular weight is 260 g/mol. The van der Waals surface area contributed by atoms with Crippen molar-refractivity contribution < 1.29 is 4.79 Å². The van der Waals surface area contributed by atoms with E-state index in [4.69, 9.17) is 0 Å². The highest BCUT2D eigenvalue weighted by Gasteiger charge is 2.16. The van der Waals surface area contributed by atoms with Gasteiger partial charge in [0, 0.05) is 12.4 Å². The second-order valence-electron chi connectivity index (χ2n) is 4.80. The summed E-state index contributed by atoms with van der Waals surface area (Å²) in [5.41, 5.74) is 2.57. The van der Waals surface area contributed by atoms with Crippen LogP contribution in [0.5, 0.6) is 0 Å². The molecule has 0 atom stereocenters. The number of fused-ring (bicyclic) bond motifs is 1. The molecule has 1 fully saturated rings. The van der Waals surface area contributed by atoms with Gasteiger partial charge in [0.25, 0.3) is 0 Å². The molecule has 0 aromatic carbocycles. The van der Waals surface area contributed by atoms with Crippen molar-refractivity contribution in [3.05, 3.63) is 35.8 Å². The lowest BCUT2D eigenvalue weighted by Crippen LogP contribution is -2.12. The van der Waals surface area contributed by atoms with E-state index in [1.54, 1.807) is 0 Å². The van der Waals surface area contributed by atoms with Crippen LogP contribution in [0.25, 0.3) is 5.65 Å². The zero-order valence-electron chi connectivity index (χ0n) is 10.2. The van der Waals surface area contributed by atoms with Crippen LogP contribution in [0.4, 0.5) is 0 Å². The molecule has 0 bridgehead atoms. The summed E-state index contributed by atoms with van der Waals surface area (Å²) in [7, 11) is 0. The maximum absolute atomic E-state index is 11.0. The highest BCUT2D eigenvalue weighted by molar-refractivity contribution is 7.99. The van der Waals surface area contributed by atoms with Gasteiger partial charge in [0.1, 0.15) is 5.65 Å². The van der Waals surface area contributed by atoms with Gasteiger partial charge in [-0.05, 0) is 48.8 Å². The minimum absolute atomic E-state index is 0.669. The van der Waals surface area contributed by atoms with Gasteiger partial charge in [-0.3, -0.25) is 4.79 Å². The first kappa shape index (κ1) is 11.8. The van der Waals surface area contributed by atoms with Crippen molar-refractivity contribution in [1.82, 2.24) is 9.38 Å². The van der Waals surface area contributed by atoms with Gasteiger partial charge in [-0.25, -0.2) is 4.98 Å². The Morgan fingerprint density at radius 2 is 2.28 bits per heavy atom. The molecular weight excluding hydrogens is 244 g/mol. The summed E-state index contributed by atoms with van der Waals surface area (Å²) in [4.78, 5) is 15.6. The summed E-state index contributed by atoms with van der Waals surface area (Å²) < 4.78 is 1.96. The smallest absolute Gasteiger partial charge is 0.153 e. The summed E-state index contributed by atoms with van der Waals surface area (Å²) in [5.74, 6) is 3.31. The molecule has 0 amide bonds. The first-order chi connectivity index (χ1) is 8.86. The molecule has 2 aromatic heterocycles. The van der Waals surface area contributed by atoms with E-state index in [0.29, 0.717) is 5.56 Å². The minimum Gasteiger partial charge on any atom is -0.306 e. The molecule has 3 heterocycles. The SMILES string of the molecule is O=Cc1cccn2cc(CC3CCSCC3)nc12. The van der Waals surface area contributed by atoms with E-state index in [1.165, 1.54) is 24.3 Å². The molecule has 0 spiro atoms. The van der Waals surface area contributed by atoms with Crippen LogP contribution in [-0.4, -0.2) is 27.2 Å². The Morgan fingerprint density at radius 1 is 1.44 bits per heavy atom. The number of carbonyl (C=O) groups is 1. The van der Waals surface area contributed by atoms with Crippen molar-refractivity contribution in [2.24, 2.45) is 5.92 Å². The standard InChI is InChI=1S/C14H16N2OS/c17-10-12-2-1-5-16-9-13(15-14(12)16)8-11-3-6-18-7-4-11/h1-2,5,9-11H,3-4,6-8H2. The van der Waals surface area contributed by atoms with Gasteiger partial charge >= 0.3 is 0 Å². The second-order valence-corrected chi connectivity index (χ2v) is 6.03. The minimum atomic E-state index is 0.669. The number of nitrogens with zero attached hydrogens (tertiary/aromatic N) is 2. The van der Waals surface area contributed by atoms with E-state index >= 15 is 0 Å². The van der Waals surface area contributed by atoms with Gasteiger partial charge in [0.05, 0.1) is 11.3 Å². The molecule has 3 nitrogen and oxygen atoms in total. The predicted molar refractivity (Wildman–Crippen MR) is 74.3 cm³/mol. The van der Waals surface area contributed by atoms with E-state index in [9.17, 15) is 4.79 Å². The van der Waals surface area contributed by atoms with Crippen LogP contribution < -0.4 is 0 Å². The molecule has 4 heteroatoms. The fourth-order valence-electron chi connectivity index (χ4n) is 2.52. The van der Waals surface area contributed by atoms with Crippen LogP contribution in [0.1, 0.15) is 28.9 Å². The Balaban J connectivity index is 1.86. The lowest BCUT2D eigenvalue weighted by molar-refractivity contribution is 0.112. The number of rotatable bonds is 3. The van der Waals surface area contributed by atoms with Crippen molar-refractivity contribution >= 4 is 23.7 Å². The topological polar surface area (TPSA) is 34.4 Å². The first-order valence-electron chi connectivity index (χ1n) is 6.36. The Labute approximate surface area is 111 Å². The number of thioether (sulfide) groups is 1. The molecule has 1 saturated heterocycles. The van der Waals surface area contributed by atoms with Gasteiger partial charge in [0.2, 0.25) is 0 Å².